The summed E-state index contributed by atoms with van der Waals surface area (Å²) in [4.78, 5) is 14.8. The molecular weight excluding hydrogens is 296 g/mol. The van der Waals surface area contributed by atoms with Crippen molar-refractivity contribution >= 4 is 22.6 Å². The number of anilines is 1. The summed E-state index contributed by atoms with van der Waals surface area (Å²) in [6.45, 7) is -0.224. The number of phenols is 1. The molecule has 0 amide bonds. The predicted octanol–water partition coefficient (Wildman–Crippen LogP) is 3.23. The van der Waals surface area contributed by atoms with Crippen molar-refractivity contribution in [1.29, 1.82) is 0 Å². The lowest BCUT2D eigenvalue weighted by Gasteiger charge is -2.10. The summed E-state index contributed by atoms with van der Waals surface area (Å²) in [7, 11) is 0. The van der Waals surface area contributed by atoms with Crippen LogP contribution >= 0.6 is 0 Å². The van der Waals surface area contributed by atoms with Gasteiger partial charge in [0.25, 0.3) is 0 Å². The standard InChI is InChI=1S/C17H14N2O4/c20-13-8-9-14(12-5-2-1-4-11(12)13)23-16-7-3-6-15(19-16)18-10-17(21)22/h1-9,20H,10H2,(H,18,19)(H,21,22). The van der Waals surface area contributed by atoms with Crippen molar-refractivity contribution in [1.82, 2.24) is 4.98 Å². The number of benzene rings is 2. The molecule has 0 saturated heterocycles. The van der Waals surface area contributed by atoms with Crippen LogP contribution in [-0.2, 0) is 4.79 Å². The molecule has 1 heterocycles. The van der Waals surface area contributed by atoms with Gasteiger partial charge in [-0.1, -0.05) is 30.3 Å². The Balaban J connectivity index is 1.89. The second-order valence-electron chi connectivity index (χ2n) is 4.84. The highest BCUT2D eigenvalue weighted by molar-refractivity contribution is 5.93. The summed E-state index contributed by atoms with van der Waals surface area (Å²) < 4.78 is 5.78. The molecule has 3 rings (SSSR count). The lowest BCUT2D eigenvalue weighted by atomic mass is 10.1. The van der Waals surface area contributed by atoms with Gasteiger partial charge >= 0.3 is 5.97 Å². The molecule has 0 saturated carbocycles. The van der Waals surface area contributed by atoms with Gasteiger partial charge in [0.2, 0.25) is 5.88 Å². The molecule has 2 aromatic carbocycles. The molecule has 0 atom stereocenters. The van der Waals surface area contributed by atoms with Crippen LogP contribution in [0.2, 0.25) is 0 Å². The fraction of sp³-hybridized carbons (Fsp3) is 0.0588. The molecule has 0 aliphatic heterocycles. The first-order chi connectivity index (χ1) is 11.1. The molecule has 0 fully saturated rings. The number of nitrogens with zero attached hydrogens (tertiary/aromatic N) is 1. The molecule has 0 unspecified atom stereocenters. The summed E-state index contributed by atoms with van der Waals surface area (Å²) in [6, 6.07) is 15.6. The monoisotopic (exact) mass is 310 g/mol. The van der Waals surface area contributed by atoms with Crippen LogP contribution in [0.5, 0.6) is 17.4 Å². The first kappa shape index (κ1) is 14.6. The van der Waals surface area contributed by atoms with Crippen LogP contribution in [0.1, 0.15) is 0 Å². The van der Waals surface area contributed by atoms with Crippen LogP contribution in [0, 0.1) is 0 Å². The van der Waals surface area contributed by atoms with Gasteiger partial charge in [0.05, 0.1) is 0 Å². The molecule has 6 heteroatoms. The molecule has 1 aromatic heterocycles. The van der Waals surface area contributed by atoms with Gasteiger partial charge in [0.15, 0.2) is 0 Å². The van der Waals surface area contributed by atoms with E-state index in [0.717, 1.165) is 5.39 Å². The number of carbonyl (C=O) groups is 1. The molecular formula is C17H14N2O4. The van der Waals surface area contributed by atoms with Gasteiger partial charge in [-0.15, -0.1) is 0 Å². The van der Waals surface area contributed by atoms with E-state index in [2.05, 4.69) is 10.3 Å². The van der Waals surface area contributed by atoms with E-state index in [0.29, 0.717) is 22.8 Å². The van der Waals surface area contributed by atoms with Crippen LogP contribution in [0.25, 0.3) is 10.8 Å². The third-order valence-corrected chi connectivity index (χ3v) is 3.22. The number of hydrogen-bond donors (Lipinski definition) is 3. The average Bonchev–Trinajstić information content (AvgIpc) is 2.56. The number of fused-ring (bicyclic) bond motifs is 1. The van der Waals surface area contributed by atoms with Gasteiger partial charge in [-0.05, 0) is 18.2 Å². The molecule has 6 nitrogen and oxygen atoms in total. The molecule has 23 heavy (non-hydrogen) atoms. The minimum absolute atomic E-state index is 0.179. The van der Waals surface area contributed by atoms with Crippen molar-refractivity contribution in [3.8, 4) is 17.4 Å². The Morgan fingerprint density at radius 2 is 1.83 bits per heavy atom. The van der Waals surface area contributed by atoms with E-state index < -0.39 is 5.97 Å². The Morgan fingerprint density at radius 3 is 2.61 bits per heavy atom. The highest BCUT2D eigenvalue weighted by Gasteiger charge is 2.08. The number of aliphatic carboxylic acids is 1. The fourth-order valence-corrected chi connectivity index (χ4v) is 2.19. The highest BCUT2D eigenvalue weighted by Crippen LogP contribution is 2.34. The topological polar surface area (TPSA) is 91.7 Å². The summed E-state index contributed by atoms with van der Waals surface area (Å²) in [5.41, 5.74) is 0. The van der Waals surface area contributed by atoms with Crippen molar-refractivity contribution in [2.24, 2.45) is 0 Å². The number of phenolic OH excluding ortho intramolecular Hbond substituents is 1. The van der Waals surface area contributed by atoms with Crippen molar-refractivity contribution in [2.45, 2.75) is 0 Å². The third kappa shape index (κ3) is 3.32. The van der Waals surface area contributed by atoms with Gasteiger partial charge in [-0.2, -0.15) is 4.98 Å². The van der Waals surface area contributed by atoms with E-state index in [9.17, 15) is 9.90 Å². The Hall–Kier alpha value is -3.28. The minimum atomic E-state index is -0.970. The largest absolute Gasteiger partial charge is 0.507 e. The quantitative estimate of drug-likeness (QED) is 0.670. The van der Waals surface area contributed by atoms with Gasteiger partial charge in [0, 0.05) is 16.8 Å². The Labute approximate surface area is 132 Å². The van der Waals surface area contributed by atoms with E-state index in [-0.39, 0.29) is 12.3 Å². The zero-order valence-corrected chi connectivity index (χ0v) is 12.1. The van der Waals surface area contributed by atoms with Crippen molar-refractivity contribution in [3.05, 3.63) is 54.6 Å². The van der Waals surface area contributed by atoms with Crippen LogP contribution in [0.4, 0.5) is 5.82 Å². The number of hydrogen-bond acceptors (Lipinski definition) is 5. The SMILES string of the molecule is O=C(O)CNc1cccc(Oc2ccc(O)c3ccccc23)n1. The summed E-state index contributed by atoms with van der Waals surface area (Å²) in [6.07, 6.45) is 0. The van der Waals surface area contributed by atoms with Gasteiger partial charge in [-0.25, -0.2) is 0 Å². The Bertz CT molecular complexity index is 864. The molecule has 0 aliphatic rings. The number of carboxylic acids is 1. The van der Waals surface area contributed by atoms with Crippen LogP contribution < -0.4 is 10.1 Å². The van der Waals surface area contributed by atoms with Crippen molar-refractivity contribution < 1.29 is 19.7 Å². The van der Waals surface area contributed by atoms with E-state index >= 15 is 0 Å². The molecule has 116 valence electrons. The Morgan fingerprint density at radius 1 is 1.04 bits per heavy atom. The normalized spacial score (nSPS) is 10.4. The first-order valence-electron chi connectivity index (χ1n) is 6.95. The molecule has 0 aliphatic carbocycles. The summed E-state index contributed by atoms with van der Waals surface area (Å²) in [5.74, 6) is 0.505. The van der Waals surface area contributed by atoms with Gasteiger partial charge < -0.3 is 20.3 Å². The molecule has 0 spiro atoms. The second-order valence-corrected chi connectivity index (χ2v) is 4.84. The van der Waals surface area contributed by atoms with Crippen molar-refractivity contribution in [3.63, 3.8) is 0 Å². The average molecular weight is 310 g/mol. The Kier molecular flexibility index (Phi) is 3.97. The maximum Gasteiger partial charge on any atom is 0.322 e. The summed E-state index contributed by atoms with van der Waals surface area (Å²) >= 11 is 0. The molecule has 3 N–H and O–H groups in total. The molecule has 0 bridgehead atoms. The maximum atomic E-state index is 10.6. The number of pyridine rings is 1. The molecule has 0 radical (unpaired) electrons. The fourth-order valence-electron chi connectivity index (χ4n) is 2.19. The number of nitrogens with one attached hydrogen (secondary N) is 1. The number of aromatic hydroxyl groups is 1. The van der Waals surface area contributed by atoms with E-state index in [1.807, 2.05) is 18.2 Å². The zero-order valence-electron chi connectivity index (χ0n) is 12.1. The van der Waals surface area contributed by atoms with Crippen LogP contribution in [0.3, 0.4) is 0 Å². The van der Waals surface area contributed by atoms with E-state index in [1.54, 1.807) is 36.4 Å². The highest BCUT2D eigenvalue weighted by atomic mass is 16.5. The van der Waals surface area contributed by atoms with E-state index in [4.69, 9.17) is 9.84 Å². The number of aromatic nitrogens is 1. The number of carboxylic acid groups (broad SMARTS) is 1. The van der Waals surface area contributed by atoms with E-state index in [1.165, 1.54) is 0 Å². The lowest BCUT2D eigenvalue weighted by molar-refractivity contribution is -0.134. The van der Waals surface area contributed by atoms with Crippen LogP contribution in [0.15, 0.2) is 54.6 Å². The first-order valence-corrected chi connectivity index (χ1v) is 6.95. The van der Waals surface area contributed by atoms with Crippen LogP contribution in [-0.4, -0.2) is 27.7 Å². The lowest BCUT2D eigenvalue weighted by Crippen LogP contribution is -2.13. The molecule has 3 aromatic rings. The summed E-state index contributed by atoms with van der Waals surface area (Å²) in [5, 5.41) is 22.7. The van der Waals surface area contributed by atoms with Gasteiger partial charge in [-0.3, -0.25) is 4.79 Å². The zero-order chi connectivity index (χ0) is 16.2. The predicted molar refractivity (Wildman–Crippen MR) is 86.0 cm³/mol. The smallest absolute Gasteiger partial charge is 0.322 e. The van der Waals surface area contributed by atoms with Crippen molar-refractivity contribution in [2.75, 3.05) is 11.9 Å². The maximum absolute atomic E-state index is 10.6. The van der Waals surface area contributed by atoms with Gasteiger partial charge in [0.1, 0.15) is 23.9 Å². The minimum Gasteiger partial charge on any atom is -0.507 e. The number of ether oxygens (including phenoxy) is 1. The third-order valence-electron chi connectivity index (χ3n) is 3.22. The second kappa shape index (κ2) is 6.23. The number of rotatable bonds is 5.